The van der Waals surface area contributed by atoms with Crippen LogP contribution in [0.25, 0.3) is 10.8 Å². The van der Waals surface area contributed by atoms with Gasteiger partial charge >= 0.3 is 0 Å². The predicted octanol–water partition coefficient (Wildman–Crippen LogP) is 3.87. The van der Waals surface area contributed by atoms with E-state index < -0.39 is 12.0 Å². The Bertz CT molecular complexity index is 1200. The lowest BCUT2D eigenvalue weighted by Gasteiger charge is -2.26. The molecule has 0 saturated carbocycles. The van der Waals surface area contributed by atoms with E-state index in [2.05, 4.69) is 10.8 Å². The number of nitrogens with one attached hydrogen (secondary N) is 2. The minimum atomic E-state index is -0.897. The van der Waals surface area contributed by atoms with Gasteiger partial charge in [-0.25, -0.2) is 0 Å². The van der Waals surface area contributed by atoms with E-state index in [9.17, 15) is 14.4 Å². The molecule has 1 aliphatic heterocycles. The second-order valence-corrected chi connectivity index (χ2v) is 8.85. The quantitative estimate of drug-likeness (QED) is 0.351. The molecule has 1 unspecified atom stereocenters. The van der Waals surface area contributed by atoms with Gasteiger partial charge in [0.25, 0.3) is 0 Å². The van der Waals surface area contributed by atoms with Crippen molar-refractivity contribution in [2.45, 2.75) is 38.1 Å². The first-order chi connectivity index (χ1) is 16.4. The zero-order valence-corrected chi connectivity index (χ0v) is 19.3. The third kappa shape index (κ3) is 4.65. The third-order valence-electron chi connectivity index (χ3n) is 6.68. The van der Waals surface area contributed by atoms with Crippen molar-refractivity contribution >= 4 is 34.2 Å². The number of amides is 3. The first-order valence-corrected chi connectivity index (χ1v) is 11.5. The number of nitrogens with zero attached hydrogens (tertiary/aromatic N) is 1. The molecule has 7 heteroatoms. The molecule has 1 saturated heterocycles. The van der Waals surface area contributed by atoms with Gasteiger partial charge in [0, 0.05) is 25.8 Å². The SMILES string of the molecule is CNC(=O)[C@H](Cc1cccc2ccccc12)N1C(=O)C[C@@H](CC(C)c2ccc(NO)cc2)C1=O. The fourth-order valence-electron chi connectivity index (χ4n) is 4.82. The standard InChI is InChI=1S/C27H29N3O4/c1-17(18-10-12-22(29-34)13-11-18)14-21-16-25(31)30(27(21)33)24(26(32)28-2)15-20-8-5-7-19-6-3-4-9-23(19)20/h3-13,17,21,24,29,34H,14-16H2,1-2H3,(H,28,32)/t17?,21-,24+/m1/s1. The van der Waals surface area contributed by atoms with Crippen molar-refractivity contribution in [2.24, 2.45) is 5.92 Å². The van der Waals surface area contributed by atoms with Gasteiger partial charge in [-0.2, -0.15) is 0 Å². The van der Waals surface area contributed by atoms with Crippen molar-refractivity contribution in [2.75, 3.05) is 12.5 Å². The van der Waals surface area contributed by atoms with Crippen LogP contribution in [0.1, 0.15) is 36.8 Å². The zero-order chi connectivity index (χ0) is 24.2. The number of hydrogen-bond acceptors (Lipinski definition) is 5. The molecule has 1 aliphatic rings. The van der Waals surface area contributed by atoms with Crippen LogP contribution in [0.3, 0.4) is 0 Å². The topological polar surface area (TPSA) is 98.7 Å². The second kappa shape index (κ2) is 10.1. The number of fused-ring (bicyclic) bond motifs is 1. The third-order valence-corrected chi connectivity index (χ3v) is 6.68. The van der Waals surface area contributed by atoms with Gasteiger partial charge in [0.2, 0.25) is 17.7 Å². The van der Waals surface area contributed by atoms with Gasteiger partial charge in [-0.15, -0.1) is 0 Å². The second-order valence-electron chi connectivity index (χ2n) is 8.85. The first kappa shape index (κ1) is 23.4. The average Bonchev–Trinajstić information content (AvgIpc) is 3.14. The molecule has 3 amide bonds. The van der Waals surface area contributed by atoms with Gasteiger partial charge in [-0.3, -0.25) is 30.0 Å². The fourth-order valence-corrected chi connectivity index (χ4v) is 4.82. The number of likely N-dealkylation sites (tertiary alicyclic amines) is 1. The Hall–Kier alpha value is -3.71. The molecule has 1 fully saturated rings. The molecule has 3 aromatic rings. The number of likely N-dealkylation sites (N-methyl/N-ethyl adjacent to an activating group) is 1. The number of carbonyl (C=O) groups excluding carboxylic acids is 3. The van der Waals surface area contributed by atoms with E-state index in [1.54, 1.807) is 12.1 Å². The summed E-state index contributed by atoms with van der Waals surface area (Å²) in [5.41, 5.74) is 4.61. The Balaban J connectivity index is 1.55. The molecular weight excluding hydrogens is 430 g/mol. The maximum absolute atomic E-state index is 13.4. The first-order valence-electron chi connectivity index (χ1n) is 11.5. The smallest absolute Gasteiger partial charge is 0.243 e. The highest BCUT2D eigenvalue weighted by atomic mass is 16.5. The lowest BCUT2D eigenvalue weighted by molar-refractivity contribution is -0.147. The van der Waals surface area contributed by atoms with Crippen LogP contribution < -0.4 is 10.8 Å². The molecule has 7 nitrogen and oxygen atoms in total. The average molecular weight is 460 g/mol. The number of carbonyl (C=O) groups is 3. The highest BCUT2D eigenvalue weighted by molar-refractivity contribution is 6.07. The lowest BCUT2D eigenvalue weighted by atomic mass is 9.89. The minimum Gasteiger partial charge on any atom is -0.357 e. The molecule has 0 bridgehead atoms. The number of hydrogen-bond donors (Lipinski definition) is 3. The number of rotatable bonds is 8. The molecule has 0 aliphatic carbocycles. The molecule has 3 N–H and O–H groups in total. The van der Waals surface area contributed by atoms with E-state index in [1.807, 2.05) is 61.5 Å². The van der Waals surface area contributed by atoms with E-state index in [4.69, 9.17) is 5.21 Å². The summed E-state index contributed by atoms with van der Waals surface area (Å²) in [7, 11) is 1.52. The Kier molecular flexibility index (Phi) is 6.93. The van der Waals surface area contributed by atoms with Crippen LogP contribution in [0, 0.1) is 5.92 Å². The maximum Gasteiger partial charge on any atom is 0.243 e. The molecule has 0 aromatic heterocycles. The molecule has 4 rings (SSSR count). The number of benzene rings is 3. The summed E-state index contributed by atoms with van der Waals surface area (Å²) in [6.45, 7) is 2.01. The number of imide groups is 1. The Morgan fingerprint density at radius 3 is 2.47 bits per heavy atom. The van der Waals surface area contributed by atoms with Crippen molar-refractivity contribution in [1.29, 1.82) is 0 Å². The van der Waals surface area contributed by atoms with Crippen LogP contribution in [-0.2, 0) is 20.8 Å². The molecule has 3 aromatic carbocycles. The maximum atomic E-state index is 13.4. The van der Waals surface area contributed by atoms with Crippen molar-refractivity contribution in [3.63, 3.8) is 0 Å². The molecule has 3 atom stereocenters. The number of anilines is 1. The van der Waals surface area contributed by atoms with E-state index >= 15 is 0 Å². The van der Waals surface area contributed by atoms with Crippen LogP contribution >= 0.6 is 0 Å². The lowest BCUT2D eigenvalue weighted by Crippen LogP contribution is -2.50. The summed E-state index contributed by atoms with van der Waals surface area (Å²) in [5, 5.41) is 13.7. The van der Waals surface area contributed by atoms with Gasteiger partial charge in [-0.05, 0) is 46.4 Å². The summed E-state index contributed by atoms with van der Waals surface area (Å²) in [6, 6.07) is 20.1. The Labute approximate surface area is 198 Å². The molecule has 0 spiro atoms. The van der Waals surface area contributed by atoms with Crippen LogP contribution in [0.4, 0.5) is 5.69 Å². The summed E-state index contributed by atoms with van der Waals surface area (Å²) in [6.07, 6.45) is 0.862. The van der Waals surface area contributed by atoms with Crippen molar-refractivity contribution in [1.82, 2.24) is 10.2 Å². The van der Waals surface area contributed by atoms with Crippen LogP contribution in [-0.4, -0.2) is 40.9 Å². The highest BCUT2D eigenvalue weighted by Crippen LogP contribution is 2.33. The van der Waals surface area contributed by atoms with Crippen molar-refractivity contribution < 1.29 is 19.6 Å². The van der Waals surface area contributed by atoms with Gasteiger partial charge in [0.15, 0.2) is 0 Å². The van der Waals surface area contributed by atoms with Crippen LogP contribution in [0.2, 0.25) is 0 Å². The largest absolute Gasteiger partial charge is 0.357 e. The van der Waals surface area contributed by atoms with E-state index in [0.717, 1.165) is 21.9 Å². The minimum absolute atomic E-state index is 0.0333. The normalized spacial score (nSPS) is 17.6. The fraction of sp³-hybridized carbons (Fsp3) is 0.296. The highest BCUT2D eigenvalue weighted by Gasteiger charge is 2.45. The summed E-state index contributed by atoms with van der Waals surface area (Å²) >= 11 is 0. The van der Waals surface area contributed by atoms with E-state index in [-0.39, 0.29) is 36.5 Å². The van der Waals surface area contributed by atoms with Gasteiger partial charge in [0.1, 0.15) is 6.04 Å². The Morgan fingerprint density at radius 2 is 1.76 bits per heavy atom. The Morgan fingerprint density at radius 1 is 1.06 bits per heavy atom. The summed E-state index contributed by atoms with van der Waals surface area (Å²) in [4.78, 5) is 40.4. The zero-order valence-electron chi connectivity index (χ0n) is 19.3. The summed E-state index contributed by atoms with van der Waals surface area (Å²) < 4.78 is 0. The van der Waals surface area contributed by atoms with E-state index in [1.165, 1.54) is 11.9 Å². The van der Waals surface area contributed by atoms with Crippen molar-refractivity contribution in [3.05, 3.63) is 77.9 Å². The van der Waals surface area contributed by atoms with Gasteiger partial charge < -0.3 is 5.32 Å². The van der Waals surface area contributed by atoms with Crippen LogP contribution in [0.5, 0.6) is 0 Å². The monoisotopic (exact) mass is 459 g/mol. The molecule has 0 radical (unpaired) electrons. The summed E-state index contributed by atoms with van der Waals surface area (Å²) in [5.74, 6) is -1.39. The molecule has 34 heavy (non-hydrogen) atoms. The molecule has 176 valence electrons. The molecule has 1 heterocycles. The van der Waals surface area contributed by atoms with Crippen molar-refractivity contribution in [3.8, 4) is 0 Å². The predicted molar refractivity (Wildman–Crippen MR) is 130 cm³/mol. The van der Waals surface area contributed by atoms with Gasteiger partial charge in [0.05, 0.1) is 5.69 Å². The van der Waals surface area contributed by atoms with Crippen LogP contribution in [0.15, 0.2) is 66.7 Å². The van der Waals surface area contributed by atoms with E-state index in [0.29, 0.717) is 12.1 Å². The van der Waals surface area contributed by atoms with Gasteiger partial charge in [-0.1, -0.05) is 61.5 Å². The molecular formula is C27H29N3O4.